The molecular weight excluding hydrogens is 1940 g/mol. The van der Waals surface area contributed by atoms with E-state index < -0.39 is 28.0 Å². The van der Waals surface area contributed by atoms with E-state index in [4.69, 9.17) is 63.4 Å². The van der Waals surface area contributed by atoms with Crippen LogP contribution in [-0.2, 0) is 19.0 Å². The lowest BCUT2D eigenvalue weighted by Crippen LogP contribution is -2.52. The molecule has 0 unspecified atom stereocenters. The molecule has 5 saturated heterocycles. The van der Waals surface area contributed by atoms with Gasteiger partial charge in [-0.15, -0.1) is 20.4 Å². The van der Waals surface area contributed by atoms with Crippen LogP contribution in [0.5, 0.6) is 23.0 Å². The molecule has 0 radical (unpaired) electrons. The number of nitrogens with one attached hydrogen (secondary N) is 2. The number of anilines is 1. The van der Waals surface area contributed by atoms with E-state index in [9.17, 15) is 51.5 Å². The summed E-state index contributed by atoms with van der Waals surface area (Å²) in [6, 6.07) is 31.3. The van der Waals surface area contributed by atoms with Gasteiger partial charge in [0.25, 0.3) is 5.78 Å². The molecule has 7 aromatic rings. The second kappa shape index (κ2) is 57.0. The van der Waals surface area contributed by atoms with Crippen LogP contribution in [0, 0.1) is 39.0 Å². The van der Waals surface area contributed by atoms with Crippen LogP contribution in [0.15, 0.2) is 116 Å². The number of phenols is 1. The summed E-state index contributed by atoms with van der Waals surface area (Å²) in [4.78, 5) is 110. The molecule has 3 aromatic heterocycles. The Kier molecular flexibility index (Phi) is 48.7. The molecule has 40 heteroatoms. The molecule has 5 fully saturated rings. The first-order valence-corrected chi connectivity index (χ1v) is 47.3. The molecule has 744 valence electrons. The van der Waals surface area contributed by atoms with Gasteiger partial charge in [0.05, 0.1) is 0 Å². The summed E-state index contributed by atoms with van der Waals surface area (Å²) in [5.74, 6) is 2.57. The highest BCUT2D eigenvalue weighted by Crippen LogP contribution is 2.30. The number of benzene rings is 4. The second-order valence-corrected chi connectivity index (χ2v) is 37.5. The van der Waals surface area contributed by atoms with Gasteiger partial charge in [0.2, 0.25) is 0 Å². The van der Waals surface area contributed by atoms with Crippen LogP contribution in [0.1, 0.15) is 193 Å². The molecule has 5 aliphatic rings. The fourth-order valence-corrected chi connectivity index (χ4v) is 13.8. The molecule has 12 rings (SSSR count). The monoisotopic (exact) mass is 2080 g/mol. The Morgan fingerprint density at radius 1 is 0.452 bits per heavy atom. The van der Waals surface area contributed by atoms with Gasteiger partial charge in [-0.1, -0.05) is 149 Å². The van der Waals surface area contributed by atoms with Crippen LogP contribution in [-0.4, -0.2) is 281 Å². The van der Waals surface area contributed by atoms with Crippen molar-refractivity contribution in [2.24, 2.45) is 0 Å². The van der Waals surface area contributed by atoms with Gasteiger partial charge in [0.1, 0.15) is 52.2 Å². The number of rotatable bonds is 9. The highest BCUT2D eigenvalue weighted by atomic mass is 127. The molecule has 0 spiro atoms. The summed E-state index contributed by atoms with van der Waals surface area (Å²) in [6.45, 7) is 54.4. The van der Waals surface area contributed by atoms with Gasteiger partial charge in [-0.3, -0.25) is 9.36 Å². The standard InChI is InChI=1S/C20H23N5O2.C20H30N2O4.C15H22N2O2.C13H20N4O3.C10H14O.C9H18N2O2.C4H2Cl2N2.C3HCl2F3O.CH3I/c1-14(2)18-6-5-17(12-15(18)3)27-20(26)25-10-8-24(9-11-25)19-7-4-16(13-21)22-23-19;1-14(2)17-8-7-16(13-15(17)3)25-18(23)21-9-11-22(12-10-21)19(24)26-20(4,5)6;1-11(2)14-5-4-13(10-12(14)3)19-15(18)17-8-6-16-7-9-17;1-13(2,3)20-12(19)16-8-6-15(7-9-16)11(18)17-5-4-14-10-17;1-7(2)10-5-4-9(11)6-8(10)3;1-9(2,3)13-8(12)11-6-4-10-5-7-11;5-3-1-2-4(6)8-7-3;4-2(5)1(9)3(6,7)8;1-2/h4-7,12,14H,8-11H2,1-3H3;7-8,13-14H,9-12H2,1-6H3;4-5,10-11,16H,6-9H2,1-3H3;4-5,10H,6-9H2,1-3H3;4-7,11H,1-3H3;10H,4-7H2,1-3H3;1-2H;2H;1H3/i;;;;;;;;1D. The first kappa shape index (κ1) is 115. The molecule has 0 saturated carbocycles. The number of amides is 7. The lowest BCUT2D eigenvalue weighted by molar-refractivity contribution is -0.169. The van der Waals surface area contributed by atoms with Gasteiger partial charge in [-0.2, -0.15) is 18.4 Å². The number of ether oxygens (including phenoxy) is 6. The average Bonchev–Trinajstić information content (AvgIpc) is 1.37. The molecule has 0 bridgehead atoms. The van der Waals surface area contributed by atoms with E-state index in [1.807, 2.05) is 177 Å². The molecular formula is C95H133Cl4F3IN17O15. The zero-order valence-electron chi connectivity index (χ0n) is 82.1. The Balaban J connectivity index is 0.000000333. The summed E-state index contributed by atoms with van der Waals surface area (Å²) < 4.78 is 73.6. The maximum Gasteiger partial charge on any atom is 0.452 e. The average molecular weight is 2080 g/mol. The molecule has 0 aliphatic carbocycles. The van der Waals surface area contributed by atoms with Crippen molar-refractivity contribution < 1.29 is 86.4 Å². The topological polar surface area (TPSA) is 355 Å². The smallest absolute Gasteiger partial charge is 0.452 e. The first-order chi connectivity index (χ1) is 63.6. The van der Waals surface area contributed by atoms with Crippen molar-refractivity contribution >= 4 is 123 Å². The van der Waals surface area contributed by atoms with Crippen LogP contribution in [0.4, 0.5) is 52.6 Å². The first-order valence-electron chi connectivity index (χ1n) is 44.9. The van der Waals surface area contributed by atoms with Gasteiger partial charge in [-0.25, -0.2) is 38.5 Å². The number of hydrogen-bond donors (Lipinski definition) is 3. The number of halogens is 8. The predicted molar refractivity (Wildman–Crippen MR) is 527 cm³/mol. The van der Waals surface area contributed by atoms with Crippen molar-refractivity contribution in [3.05, 3.63) is 176 Å². The minimum Gasteiger partial charge on any atom is -0.508 e. The molecule has 3 N–H and O–H groups in total. The summed E-state index contributed by atoms with van der Waals surface area (Å²) in [5, 5.41) is 39.9. The van der Waals surface area contributed by atoms with Crippen LogP contribution < -0.4 is 29.7 Å². The van der Waals surface area contributed by atoms with Crippen molar-refractivity contribution in [3.63, 3.8) is 0 Å². The van der Waals surface area contributed by atoms with Gasteiger partial charge in [0, 0.05) is 145 Å². The Labute approximate surface area is 827 Å². The van der Waals surface area contributed by atoms with Gasteiger partial charge in [0.15, 0.2) is 26.7 Å². The minimum atomic E-state index is -4.92. The van der Waals surface area contributed by atoms with Gasteiger partial charge in [-0.05, 0) is 236 Å². The van der Waals surface area contributed by atoms with E-state index in [0.717, 1.165) is 50.4 Å². The molecule has 8 heterocycles. The number of alkyl halides is 6. The van der Waals surface area contributed by atoms with Crippen LogP contribution in [0.25, 0.3) is 0 Å². The van der Waals surface area contributed by atoms with Crippen molar-refractivity contribution in [1.82, 2.24) is 74.9 Å². The number of nitrogens with zero attached hydrogens (tertiary/aromatic N) is 15. The Morgan fingerprint density at radius 2 is 0.763 bits per heavy atom. The molecule has 4 aromatic carbocycles. The zero-order valence-corrected chi connectivity index (χ0v) is 86.3. The Bertz CT molecular complexity index is 4920. The predicted octanol–water partition coefficient (Wildman–Crippen LogP) is 19.6. The zero-order chi connectivity index (χ0) is 102. The number of hydrogen-bond acceptors (Lipinski definition) is 24. The van der Waals surface area contributed by atoms with E-state index in [2.05, 4.69) is 122 Å². The highest BCUT2D eigenvalue weighted by Gasteiger charge is 2.42. The fraction of sp³-hybridized carbons (Fsp3) is 0.537. The maximum absolute atomic E-state index is 12.4. The second-order valence-electron chi connectivity index (χ2n) is 35.6. The Hall–Kier alpha value is -10.3. The molecule has 32 nitrogen and oxygen atoms in total. The highest BCUT2D eigenvalue weighted by molar-refractivity contribution is 14.1. The number of phenolic OH excluding ortho intramolecular Hbond substituents is 1. The number of nitriles is 1. The van der Waals surface area contributed by atoms with Crippen LogP contribution >= 0.6 is 69.0 Å². The number of aryl methyl sites for hydroxylation is 4. The van der Waals surface area contributed by atoms with Crippen LogP contribution in [0.2, 0.25) is 10.3 Å². The number of aromatic hydroxyl groups is 1. The summed E-state index contributed by atoms with van der Waals surface area (Å²) in [5.41, 5.74) is 8.56. The van der Waals surface area contributed by atoms with E-state index in [1.165, 1.54) is 44.3 Å². The third-order valence-electron chi connectivity index (χ3n) is 20.0. The number of imidazole rings is 1. The number of ketones is 1. The number of carbonyl (C=O) groups is 8. The normalized spacial score (nSPS) is 14.5. The molecule has 135 heavy (non-hydrogen) atoms. The van der Waals surface area contributed by atoms with Crippen LogP contribution in [0.3, 0.4) is 0 Å². The van der Waals surface area contributed by atoms with Gasteiger partial charge < -0.3 is 83.4 Å². The SMILES string of the molecule is CC(C)(C)OC(=O)N1CCN(C(=O)n2ccnc2)CC1.CC(C)(C)OC(=O)N1CCNCC1.Cc1cc(O)ccc1C(C)C.Cc1cc(OC(=O)N2CCN(C(=O)OC(C)(C)C)CC2)ccc1C(C)C.Cc1cc(OC(=O)N2CCN(c3ccc(C#N)nn3)CC2)ccc1C(C)C.Cc1cc(OC(=O)N2CCNCC2)ccc1C(C)C.Clc1ccc(Cl)nn1.O=C(C(Cl)Cl)C(F)(F)F.[2H]CI. The third kappa shape index (κ3) is 43.3. The number of Topliss-reactive ketones (excluding diaryl/α,β-unsaturated/α-hetero) is 1. The van der Waals surface area contributed by atoms with E-state index in [-0.39, 0.29) is 48.2 Å². The minimum absolute atomic E-state index is 0.119. The number of carbonyl (C=O) groups excluding carboxylic acids is 8. The summed E-state index contributed by atoms with van der Waals surface area (Å²) in [6.07, 6.45) is -2.11. The third-order valence-corrected chi connectivity index (χ3v) is 20.8. The molecule has 5 aliphatic heterocycles. The molecule has 7 amide bonds. The van der Waals surface area contributed by atoms with E-state index in [0.29, 0.717) is 165 Å². The Morgan fingerprint density at radius 3 is 1.03 bits per heavy atom. The maximum atomic E-state index is 12.4. The van der Waals surface area contributed by atoms with E-state index in [1.54, 1.807) is 83.1 Å². The van der Waals surface area contributed by atoms with Crippen molar-refractivity contribution in [1.29, 1.82) is 5.26 Å². The molecule has 0 atom stereocenters. The van der Waals surface area contributed by atoms with Crippen molar-refractivity contribution in [2.45, 2.75) is 197 Å². The van der Waals surface area contributed by atoms with Gasteiger partial charge >= 0.3 is 48.8 Å². The number of piperazine rings is 5. The summed E-state index contributed by atoms with van der Waals surface area (Å²) in [7, 11) is 0. The number of aromatic nitrogens is 6. The summed E-state index contributed by atoms with van der Waals surface area (Å²) >= 11 is 21.9. The van der Waals surface area contributed by atoms with Crippen molar-refractivity contribution in [3.8, 4) is 29.1 Å². The quantitative estimate of drug-likeness (QED) is 0.0686. The van der Waals surface area contributed by atoms with E-state index >= 15 is 0 Å². The largest absolute Gasteiger partial charge is 0.508 e. The lowest BCUT2D eigenvalue weighted by Gasteiger charge is -2.35. The fourth-order valence-electron chi connectivity index (χ4n) is 13.3. The lowest BCUT2D eigenvalue weighted by atomic mass is 9.98. The van der Waals surface area contributed by atoms with Crippen molar-refractivity contribution in [2.75, 3.05) is 141 Å².